The van der Waals surface area contributed by atoms with Gasteiger partial charge in [-0.05, 0) is 11.1 Å². The number of carbonyl (C=O) groups is 1. The molecule has 1 atom stereocenters. The summed E-state index contributed by atoms with van der Waals surface area (Å²) in [6.07, 6.45) is -0.627. The van der Waals surface area contributed by atoms with E-state index < -0.39 is 6.10 Å². The highest BCUT2D eigenvalue weighted by molar-refractivity contribution is 5.94. The van der Waals surface area contributed by atoms with Crippen molar-refractivity contribution in [2.45, 2.75) is 12.6 Å². The number of amides is 1. The summed E-state index contributed by atoms with van der Waals surface area (Å²) in [5.74, 6) is -0.163. The van der Waals surface area contributed by atoms with E-state index in [0.717, 1.165) is 11.1 Å². The molecule has 0 aliphatic carbocycles. The van der Waals surface area contributed by atoms with Gasteiger partial charge < -0.3 is 15.8 Å². The Morgan fingerprint density at radius 1 is 1.18 bits per heavy atom. The maximum atomic E-state index is 12.2. The van der Waals surface area contributed by atoms with E-state index in [1.807, 2.05) is 42.5 Å². The molecule has 0 unspecified atom stereocenters. The molecule has 2 rings (SSSR count). The second kappa shape index (κ2) is 7.38. The monoisotopic (exact) mass is 297 g/mol. The number of amidine groups is 1. The molecule has 4 N–H and O–H groups in total. The molecule has 2 aromatic rings. The van der Waals surface area contributed by atoms with E-state index in [1.54, 1.807) is 12.1 Å². The number of ether oxygens (including phenoxy) is 1. The fourth-order valence-electron chi connectivity index (χ4n) is 2.11. The van der Waals surface area contributed by atoms with Crippen molar-refractivity contribution in [1.29, 1.82) is 5.41 Å². The Balaban J connectivity index is 1.98. The third kappa shape index (κ3) is 3.93. The van der Waals surface area contributed by atoms with Crippen LogP contribution in [0.15, 0.2) is 54.6 Å². The van der Waals surface area contributed by atoms with Crippen LogP contribution in [0, 0.1) is 5.41 Å². The topological polar surface area (TPSA) is 88.2 Å². The summed E-state index contributed by atoms with van der Waals surface area (Å²) in [7, 11) is 1.51. The summed E-state index contributed by atoms with van der Waals surface area (Å²) >= 11 is 0. The molecule has 0 radical (unpaired) electrons. The Hall–Kier alpha value is -2.66. The molecule has 0 saturated carbocycles. The number of nitrogens with one attached hydrogen (secondary N) is 2. The van der Waals surface area contributed by atoms with Crippen LogP contribution < -0.4 is 11.1 Å². The Kier molecular flexibility index (Phi) is 5.27. The summed E-state index contributed by atoms with van der Waals surface area (Å²) in [4.78, 5) is 12.2. The molecule has 0 aliphatic rings. The summed E-state index contributed by atoms with van der Waals surface area (Å²) in [6, 6.07) is 16.5. The van der Waals surface area contributed by atoms with Crippen molar-refractivity contribution in [2.75, 3.05) is 7.11 Å². The van der Waals surface area contributed by atoms with Crippen molar-refractivity contribution in [3.63, 3.8) is 0 Å². The normalized spacial score (nSPS) is 11.7. The Labute approximate surface area is 129 Å². The third-order valence-electron chi connectivity index (χ3n) is 3.31. The summed E-state index contributed by atoms with van der Waals surface area (Å²) in [5, 5.41) is 10.2. The Morgan fingerprint density at radius 2 is 1.82 bits per heavy atom. The number of hydrogen-bond acceptors (Lipinski definition) is 3. The average Bonchev–Trinajstić information content (AvgIpc) is 2.55. The lowest BCUT2D eigenvalue weighted by Crippen LogP contribution is -2.30. The Morgan fingerprint density at radius 3 is 2.36 bits per heavy atom. The smallest absolute Gasteiger partial charge is 0.254 e. The minimum atomic E-state index is -0.627. The molecule has 114 valence electrons. The first-order chi connectivity index (χ1) is 10.6. The molecule has 0 fully saturated rings. The lowest BCUT2D eigenvalue weighted by atomic mass is 10.1. The lowest BCUT2D eigenvalue weighted by Gasteiger charge is -2.15. The predicted octanol–water partition coefficient (Wildman–Crippen LogP) is 1.97. The SMILES string of the molecule is CO[C@H](C(=O)NCc1ccc(C(=N)N)cc1)c1ccccc1. The molecular formula is C17H19N3O2. The maximum absolute atomic E-state index is 12.2. The first-order valence-corrected chi connectivity index (χ1v) is 6.90. The predicted molar refractivity (Wildman–Crippen MR) is 85.5 cm³/mol. The van der Waals surface area contributed by atoms with Crippen LogP contribution in [-0.2, 0) is 16.1 Å². The van der Waals surface area contributed by atoms with Crippen molar-refractivity contribution in [3.8, 4) is 0 Å². The van der Waals surface area contributed by atoms with Crippen molar-refractivity contribution >= 4 is 11.7 Å². The fraction of sp³-hybridized carbons (Fsp3) is 0.176. The van der Waals surface area contributed by atoms with Gasteiger partial charge in [-0.15, -0.1) is 0 Å². The van der Waals surface area contributed by atoms with E-state index in [9.17, 15) is 4.79 Å². The van der Waals surface area contributed by atoms with E-state index in [0.29, 0.717) is 12.1 Å². The third-order valence-corrected chi connectivity index (χ3v) is 3.31. The first-order valence-electron chi connectivity index (χ1n) is 6.90. The zero-order chi connectivity index (χ0) is 15.9. The van der Waals surface area contributed by atoms with E-state index in [2.05, 4.69) is 5.32 Å². The lowest BCUT2D eigenvalue weighted by molar-refractivity contribution is -0.131. The van der Waals surface area contributed by atoms with Crippen LogP contribution >= 0.6 is 0 Å². The largest absolute Gasteiger partial charge is 0.384 e. The van der Waals surface area contributed by atoms with Gasteiger partial charge in [-0.25, -0.2) is 0 Å². The molecule has 2 aromatic carbocycles. The molecule has 5 nitrogen and oxygen atoms in total. The van der Waals surface area contributed by atoms with Gasteiger partial charge in [-0.1, -0.05) is 54.6 Å². The average molecular weight is 297 g/mol. The Bertz CT molecular complexity index is 639. The van der Waals surface area contributed by atoms with Crippen LogP contribution in [0.4, 0.5) is 0 Å². The maximum Gasteiger partial charge on any atom is 0.254 e. The quantitative estimate of drug-likeness (QED) is 0.562. The van der Waals surface area contributed by atoms with Gasteiger partial charge in [0, 0.05) is 19.2 Å². The van der Waals surface area contributed by atoms with Gasteiger partial charge >= 0.3 is 0 Å². The molecule has 0 aliphatic heterocycles. The molecule has 0 aromatic heterocycles. The van der Waals surface area contributed by atoms with Gasteiger partial charge in [-0.3, -0.25) is 10.2 Å². The molecule has 1 amide bonds. The molecule has 0 bridgehead atoms. The van der Waals surface area contributed by atoms with Crippen molar-refractivity contribution in [3.05, 3.63) is 71.3 Å². The van der Waals surface area contributed by atoms with Gasteiger partial charge in [0.15, 0.2) is 6.10 Å². The number of methoxy groups -OCH3 is 1. The second-order valence-electron chi connectivity index (χ2n) is 4.85. The summed E-state index contributed by atoms with van der Waals surface area (Å²) in [5.41, 5.74) is 7.81. The van der Waals surface area contributed by atoms with E-state index in [-0.39, 0.29) is 11.7 Å². The molecule has 5 heteroatoms. The van der Waals surface area contributed by atoms with Crippen LogP contribution in [-0.4, -0.2) is 18.9 Å². The zero-order valence-electron chi connectivity index (χ0n) is 12.4. The summed E-state index contributed by atoms with van der Waals surface area (Å²) in [6.45, 7) is 0.393. The van der Waals surface area contributed by atoms with Crippen molar-refractivity contribution < 1.29 is 9.53 Å². The standard InChI is InChI=1S/C17H19N3O2/c1-22-15(13-5-3-2-4-6-13)17(21)20-11-12-7-9-14(10-8-12)16(18)19/h2-10,15H,11H2,1H3,(H3,18,19)(H,20,21)/t15-/m0/s1. The van der Waals surface area contributed by atoms with Gasteiger partial charge in [0.05, 0.1) is 0 Å². The van der Waals surface area contributed by atoms with Gasteiger partial charge in [0.1, 0.15) is 5.84 Å². The number of hydrogen-bond donors (Lipinski definition) is 3. The molecule has 0 heterocycles. The minimum Gasteiger partial charge on any atom is -0.384 e. The van der Waals surface area contributed by atoms with Gasteiger partial charge in [0.2, 0.25) is 0 Å². The number of benzene rings is 2. The van der Waals surface area contributed by atoms with E-state index >= 15 is 0 Å². The van der Waals surface area contributed by atoms with E-state index in [4.69, 9.17) is 15.9 Å². The van der Waals surface area contributed by atoms with Crippen molar-refractivity contribution in [1.82, 2.24) is 5.32 Å². The number of nitrogens with two attached hydrogens (primary N) is 1. The molecule has 0 spiro atoms. The number of nitrogen functional groups attached to an aromatic ring is 1. The highest BCUT2D eigenvalue weighted by Gasteiger charge is 2.19. The van der Waals surface area contributed by atoms with Crippen LogP contribution in [0.2, 0.25) is 0 Å². The van der Waals surface area contributed by atoms with E-state index in [1.165, 1.54) is 7.11 Å². The molecule has 22 heavy (non-hydrogen) atoms. The highest BCUT2D eigenvalue weighted by atomic mass is 16.5. The summed E-state index contributed by atoms with van der Waals surface area (Å²) < 4.78 is 5.28. The first kappa shape index (κ1) is 15.7. The van der Waals surface area contributed by atoms with Gasteiger partial charge in [0.25, 0.3) is 5.91 Å². The van der Waals surface area contributed by atoms with Crippen LogP contribution in [0.25, 0.3) is 0 Å². The zero-order valence-corrected chi connectivity index (χ0v) is 12.4. The minimum absolute atomic E-state index is 0.0270. The molecule has 0 saturated heterocycles. The van der Waals surface area contributed by atoms with Crippen LogP contribution in [0.1, 0.15) is 22.8 Å². The van der Waals surface area contributed by atoms with Crippen molar-refractivity contribution in [2.24, 2.45) is 5.73 Å². The number of rotatable bonds is 6. The highest BCUT2D eigenvalue weighted by Crippen LogP contribution is 2.16. The number of carbonyl (C=O) groups excluding carboxylic acids is 1. The second-order valence-corrected chi connectivity index (χ2v) is 4.85. The fourth-order valence-corrected chi connectivity index (χ4v) is 2.11. The molecular weight excluding hydrogens is 278 g/mol. The van der Waals surface area contributed by atoms with Gasteiger partial charge in [-0.2, -0.15) is 0 Å². The van der Waals surface area contributed by atoms with Crippen LogP contribution in [0.5, 0.6) is 0 Å². The van der Waals surface area contributed by atoms with Crippen LogP contribution in [0.3, 0.4) is 0 Å².